The molecule has 11 heteroatoms. The summed E-state index contributed by atoms with van der Waals surface area (Å²) in [4.78, 5) is 7.31. The fourth-order valence-electron chi connectivity index (χ4n) is 4.45. The smallest absolute Gasteiger partial charge is 0.345 e. The van der Waals surface area contributed by atoms with Gasteiger partial charge in [-0.25, -0.2) is 13.4 Å². The van der Waals surface area contributed by atoms with Crippen molar-refractivity contribution in [3.05, 3.63) is 24.3 Å². The van der Waals surface area contributed by atoms with Crippen LogP contribution in [-0.2, 0) is 9.84 Å². The van der Waals surface area contributed by atoms with Gasteiger partial charge < -0.3 is 4.98 Å². The minimum Gasteiger partial charge on any atom is -0.345 e. The number of nitrogens with zero attached hydrogens (tertiary/aromatic N) is 4. The molecule has 1 saturated carbocycles. The van der Waals surface area contributed by atoms with Gasteiger partial charge in [-0.15, -0.1) is 10.2 Å². The summed E-state index contributed by atoms with van der Waals surface area (Å²) in [5.41, 5.74) is 2.09. The van der Waals surface area contributed by atoms with Crippen molar-refractivity contribution in [3.8, 4) is 0 Å². The van der Waals surface area contributed by atoms with Crippen LogP contribution in [0.5, 0.6) is 0 Å². The van der Waals surface area contributed by atoms with Crippen LogP contribution in [0.4, 0.5) is 13.2 Å². The highest BCUT2D eigenvalue weighted by Crippen LogP contribution is 2.45. The molecule has 3 atom stereocenters. The molecule has 1 N–H and O–H groups in total. The number of aromatic nitrogens is 5. The third-order valence-electron chi connectivity index (χ3n) is 5.49. The summed E-state index contributed by atoms with van der Waals surface area (Å²) in [6.45, 7) is 2.00. The summed E-state index contributed by atoms with van der Waals surface area (Å²) < 4.78 is 63.5. The Bertz CT molecular complexity index is 1110. The summed E-state index contributed by atoms with van der Waals surface area (Å²) in [6.07, 6.45) is 0.489. The maximum atomic E-state index is 12.6. The molecular weight excluding hydrogens is 395 g/mol. The molecule has 0 spiro atoms. The Kier molecular flexibility index (Phi) is 4.59. The van der Waals surface area contributed by atoms with Crippen molar-refractivity contribution in [2.24, 2.45) is 11.8 Å². The van der Waals surface area contributed by atoms with Gasteiger partial charge in [-0.3, -0.25) is 4.40 Å². The van der Waals surface area contributed by atoms with Crippen LogP contribution in [0, 0.1) is 11.8 Å². The molecule has 0 aliphatic heterocycles. The predicted molar refractivity (Wildman–Crippen MR) is 96.6 cm³/mol. The first-order chi connectivity index (χ1) is 13.2. The van der Waals surface area contributed by atoms with E-state index in [1.165, 1.54) is 0 Å². The van der Waals surface area contributed by atoms with Crippen molar-refractivity contribution in [1.29, 1.82) is 0 Å². The highest BCUT2D eigenvalue weighted by atomic mass is 32.2. The van der Waals surface area contributed by atoms with Gasteiger partial charge in [-0.05, 0) is 30.7 Å². The van der Waals surface area contributed by atoms with Crippen LogP contribution < -0.4 is 0 Å². The lowest BCUT2D eigenvalue weighted by Gasteiger charge is -2.16. The molecule has 7 nitrogen and oxygen atoms in total. The zero-order valence-corrected chi connectivity index (χ0v) is 16.0. The number of hydrogen-bond donors (Lipinski definition) is 1. The second-order valence-corrected chi connectivity index (χ2v) is 9.61. The monoisotopic (exact) mass is 415 g/mol. The zero-order chi connectivity index (χ0) is 20.1. The fraction of sp³-hybridized carbons (Fsp3) is 0.588. The van der Waals surface area contributed by atoms with E-state index in [-0.39, 0.29) is 17.8 Å². The first kappa shape index (κ1) is 19.2. The van der Waals surface area contributed by atoms with Crippen molar-refractivity contribution in [2.75, 3.05) is 11.5 Å². The Morgan fingerprint density at radius 1 is 1.29 bits per heavy atom. The van der Waals surface area contributed by atoms with Gasteiger partial charge in [0.1, 0.15) is 11.6 Å². The van der Waals surface area contributed by atoms with Crippen LogP contribution in [0.2, 0.25) is 0 Å². The molecule has 3 aromatic rings. The van der Waals surface area contributed by atoms with E-state index in [0.717, 1.165) is 11.9 Å². The number of H-pyrrole nitrogens is 1. The number of sulfone groups is 1. The molecule has 152 valence electrons. The second kappa shape index (κ2) is 6.71. The summed E-state index contributed by atoms with van der Waals surface area (Å²) >= 11 is 0. The number of nitrogens with one attached hydrogen (secondary N) is 1. The van der Waals surface area contributed by atoms with Crippen LogP contribution in [-0.4, -0.2) is 50.7 Å². The molecule has 28 heavy (non-hydrogen) atoms. The number of hydrogen-bond acceptors (Lipinski definition) is 5. The van der Waals surface area contributed by atoms with E-state index in [0.29, 0.717) is 30.0 Å². The fourth-order valence-corrected chi connectivity index (χ4v) is 6.06. The number of fused-ring (bicyclic) bond motifs is 3. The van der Waals surface area contributed by atoms with E-state index in [2.05, 4.69) is 20.2 Å². The molecule has 0 radical (unpaired) electrons. The van der Waals surface area contributed by atoms with Gasteiger partial charge in [-0.2, -0.15) is 13.2 Å². The van der Waals surface area contributed by atoms with Crippen molar-refractivity contribution in [1.82, 2.24) is 24.6 Å². The van der Waals surface area contributed by atoms with Gasteiger partial charge in [0.2, 0.25) is 0 Å². The summed E-state index contributed by atoms with van der Waals surface area (Å²) in [5, 5.41) is 8.50. The maximum Gasteiger partial charge on any atom is 0.402 e. The predicted octanol–water partition coefficient (Wildman–Crippen LogP) is 3.10. The first-order valence-electron chi connectivity index (χ1n) is 9.11. The van der Waals surface area contributed by atoms with Gasteiger partial charge in [-0.1, -0.05) is 13.3 Å². The van der Waals surface area contributed by atoms with Crippen molar-refractivity contribution in [2.45, 2.75) is 38.3 Å². The van der Waals surface area contributed by atoms with Crippen LogP contribution in [0.1, 0.15) is 37.9 Å². The average molecular weight is 415 g/mol. The number of alkyl halides is 3. The SMILES string of the molecule is CC[C@@H]1C[C@H](CS(=O)(=O)CC(F)(F)F)C[C@@H]1c1nnc2cnc3[nH]ccc3n12. The molecule has 0 aromatic carbocycles. The molecular formula is C17H20F3N5O2S. The van der Waals surface area contributed by atoms with Crippen molar-refractivity contribution >= 4 is 26.6 Å². The van der Waals surface area contributed by atoms with E-state index in [1.807, 2.05) is 17.4 Å². The Hall–Kier alpha value is -2.17. The highest BCUT2D eigenvalue weighted by molar-refractivity contribution is 7.91. The molecule has 0 saturated heterocycles. The zero-order valence-electron chi connectivity index (χ0n) is 15.1. The molecule has 4 rings (SSSR count). The van der Waals surface area contributed by atoms with Gasteiger partial charge in [0.15, 0.2) is 21.1 Å². The molecule has 1 aliphatic rings. The standard InChI is InChI=1S/C17H20F3N5O2S/c1-2-11-5-10(8-28(26,27)9-17(18,19)20)6-12(11)16-24-23-14-7-22-15-13(25(14)16)3-4-21-15/h3-4,7,10-12,21H,2,5-6,8-9H2,1H3/t10-,11+,12-/m0/s1. The maximum absolute atomic E-state index is 12.6. The molecule has 0 bridgehead atoms. The van der Waals surface area contributed by atoms with E-state index >= 15 is 0 Å². The number of aromatic amines is 1. The van der Waals surface area contributed by atoms with Crippen LogP contribution >= 0.6 is 0 Å². The van der Waals surface area contributed by atoms with Gasteiger partial charge in [0, 0.05) is 12.1 Å². The van der Waals surface area contributed by atoms with Gasteiger partial charge in [0.25, 0.3) is 0 Å². The van der Waals surface area contributed by atoms with E-state index in [1.54, 1.807) is 12.4 Å². The first-order valence-corrected chi connectivity index (χ1v) is 10.9. The summed E-state index contributed by atoms with van der Waals surface area (Å²) in [6, 6.07) is 1.86. The van der Waals surface area contributed by atoms with E-state index in [9.17, 15) is 21.6 Å². The quantitative estimate of drug-likeness (QED) is 0.691. The minimum atomic E-state index is -4.71. The summed E-state index contributed by atoms with van der Waals surface area (Å²) in [5.74, 6) is -1.74. The molecule has 3 aromatic heterocycles. The minimum absolute atomic E-state index is 0.0633. The van der Waals surface area contributed by atoms with E-state index in [4.69, 9.17) is 0 Å². The molecule has 1 fully saturated rings. The van der Waals surface area contributed by atoms with Crippen LogP contribution in [0.3, 0.4) is 0 Å². The third-order valence-corrected chi connectivity index (χ3v) is 7.24. The normalized spacial score (nSPS) is 23.8. The molecule has 0 unspecified atom stereocenters. The third kappa shape index (κ3) is 3.59. The Balaban J connectivity index is 1.64. The van der Waals surface area contributed by atoms with E-state index < -0.39 is 27.5 Å². The summed E-state index contributed by atoms with van der Waals surface area (Å²) in [7, 11) is -4.20. The number of halogens is 3. The Labute approximate surface area is 159 Å². The van der Waals surface area contributed by atoms with Gasteiger partial charge >= 0.3 is 6.18 Å². The Morgan fingerprint density at radius 2 is 2.07 bits per heavy atom. The molecule has 1 aliphatic carbocycles. The Morgan fingerprint density at radius 3 is 2.79 bits per heavy atom. The highest BCUT2D eigenvalue weighted by Gasteiger charge is 2.41. The lowest BCUT2D eigenvalue weighted by molar-refractivity contribution is -0.106. The van der Waals surface area contributed by atoms with Gasteiger partial charge in [0.05, 0.1) is 17.5 Å². The largest absolute Gasteiger partial charge is 0.402 e. The lowest BCUT2D eigenvalue weighted by Crippen LogP contribution is -2.27. The lowest BCUT2D eigenvalue weighted by atomic mass is 9.93. The topological polar surface area (TPSA) is 93.0 Å². The number of rotatable bonds is 5. The van der Waals surface area contributed by atoms with Crippen LogP contribution in [0.15, 0.2) is 18.5 Å². The molecule has 3 heterocycles. The second-order valence-electron chi connectivity index (χ2n) is 7.50. The molecule has 0 amide bonds. The average Bonchev–Trinajstić information content (AvgIpc) is 3.27. The van der Waals surface area contributed by atoms with Crippen LogP contribution in [0.25, 0.3) is 16.8 Å². The van der Waals surface area contributed by atoms with Crippen molar-refractivity contribution in [3.63, 3.8) is 0 Å². The van der Waals surface area contributed by atoms with Crippen molar-refractivity contribution < 1.29 is 21.6 Å².